The van der Waals surface area contributed by atoms with Crippen molar-refractivity contribution in [2.75, 3.05) is 17.9 Å². The normalized spacial score (nSPS) is 14.1. The summed E-state index contributed by atoms with van der Waals surface area (Å²) in [5.41, 5.74) is 7.52. The summed E-state index contributed by atoms with van der Waals surface area (Å²) in [6, 6.07) is 16.2. The summed E-state index contributed by atoms with van der Waals surface area (Å²) >= 11 is 0. The van der Waals surface area contributed by atoms with Crippen LogP contribution in [-0.4, -0.2) is 24.7 Å². The smallest absolute Gasteiger partial charge is 0.337 e. The van der Waals surface area contributed by atoms with Crippen LogP contribution in [0.25, 0.3) is 0 Å². The van der Waals surface area contributed by atoms with Crippen molar-refractivity contribution in [2.24, 2.45) is 5.10 Å². The Kier molecular flexibility index (Phi) is 5.84. The molecule has 3 aromatic rings. The number of anilines is 2. The fraction of sp³-hybridized carbons (Fsp3) is 0.208. The highest BCUT2D eigenvalue weighted by molar-refractivity contribution is 6.09. The Morgan fingerprint density at radius 3 is 2.45 bits per heavy atom. The molecule has 0 saturated carbocycles. The molecule has 1 aliphatic carbocycles. The molecule has 2 aromatic carbocycles. The number of hydrogen-bond donors (Lipinski definition) is 2. The van der Waals surface area contributed by atoms with Crippen molar-refractivity contribution in [1.29, 1.82) is 0 Å². The third-order valence-electron chi connectivity index (χ3n) is 5.19. The van der Waals surface area contributed by atoms with Gasteiger partial charge in [0.1, 0.15) is 5.76 Å². The molecule has 0 spiro atoms. The number of para-hydroxylation sites is 1. The molecule has 158 valence electrons. The molecule has 0 radical (unpaired) electrons. The zero-order valence-electron chi connectivity index (χ0n) is 17.4. The second-order valence-corrected chi connectivity index (χ2v) is 7.27. The molecule has 1 amide bonds. The first kappa shape index (κ1) is 20.4. The van der Waals surface area contributed by atoms with Gasteiger partial charge in [-0.25, -0.2) is 4.79 Å². The van der Waals surface area contributed by atoms with E-state index in [1.165, 1.54) is 7.11 Å². The van der Waals surface area contributed by atoms with Gasteiger partial charge in [0.2, 0.25) is 0 Å². The number of esters is 1. The second kappa shape index (κ2) is 8.87. The zero-order valence-corrected chi connectivity index (χ0v) is 17.4. The molecule has 0 bridgehead atoms. The van der Waals surface area contributed by atoms with Gasteiger partial charge in [0.25, 0.3) is 5.91 Å². The van der Waals surface area contributed by atoms with E-state index in [0.717, 1.165) is 47.5 Å². The Bertz CT molecular complexity index is 1130. The summed E-state index contributed by atoms with van der Waals surface area (Å²) in [5, 5.41) is 7.40. The van der Waals surface area contributed by atoms with Gasteiger partial charge in [0.15, 0.2) is 5.76 Å². The number of rotatable bonds is 5. The predicted molar refractivity (Wildman–Crippen MR) is 119 cm³/mol. The van der Waals surface area contributed by atoms with Gasteiger partial charge in [-0.15, -0.1) is 0 Å². The molecule has 2 N–H and O–H groups in total. The van der Waals surface area contributed by atoms with Crippen LogP contribution in [0.4, 0.5) is 11.4 Å². The number of hydrazone groups is 1. The van der Waals surface area contributed by atoms with E-state index in [0.29, 0.717) is 11.3 Å². The number of aryl methyl sites for hydroxylation is 1. The van der Waals surface area contributed by atoms with Crippen molar-refractivity contribution in [3.8, 4) is 0 Å². The number of nitrogens with one attached hydrogen (secondary N) is 2. The molecule has 1 aromatic heterocycles. The van der Waals surface area contributed by atoms with Crippen molar-refractivity contribution in [1.82, 2.24) is 0 Å². The van der Waals surface area contributed by atoms with Crippen LogP contribution >= 0.6 is 0 Å². The van der Waals surface area contributed by atoms with Crippen molar-refractivity contribution in [2.45, 2.75) is 26.2 Å². The molecule has 0 atom stereocenters. The topological polar surface area (TPSA) is 92.9 Å². The van der Waals surface area contributed by atoms with E-state index in [2.05, 4.69) is 20.6 Å². The Hall–Kier alpha value is -3.87. The van der Waals surface area contributed by atoms with E-state index in [4.69, 9.17) is 4.42 Å². The van der Waals surface area contributed by atoms with Gasteiger partial charge in [-0.3, -0.25) is 10.2 Å². The van der Waals surface area contributed by atoms with Crippen molar-refractivity contribution in [3.63, 3.8) is 0 Å². The number of furan rings is 1. The Morgan fingerprint density at radius 2 is 1.74 bits per heavy atom. The molecular formula is C24H23N3O4. The third-order valence-corrected chi connectivity index (χ3v) is 5.19. The predicted octanol–water partition coefficient (Wildman–Crippen LogP) is 4.78. The number of carbonyl (C=O) groups is 2. The van der Waals surface area contributed by atoms with Crippen LogP contribution < -0.4 is 10.7 Å². The molecule has 0 saturated heterocycles. The van der Waals surface area contributed by atoms with Crippen molar-refractivity contribution >= 4 is 29.0 Å². The van der Waals surface area contributed by atoms with Crippen molar-refractivity contribution < 1.29 is 18.7 Å². The molecule has 0 aliphatic heterocycles. The Labute approximate surface area is 180 Å². The third kappa shape index (κ3) is 4.35. The lowest BCUT2D eigenvalue weighted by molar-refractivity contribution is 0.0600. The summed E-state index contributed by atoms with van der Waals surface area (Å²) in [6.45, 7) is 1.88. The minimum Gasteiger partial charge on any atom is -0.465 e. The van der Waals surface area contributed by atoms with Crippen LogP contribution in [0.2, 0.25) is 0 Å². The van der Waals surface area contributed by atoms with Gasteiger partial charge in [-0.1, -0.05) is 18.2 Å². The average molecular weight is 417 g/mol. The van der Waals surface area contributed by atoms with Crippen LogP contribution in [0.1, 0.15) is 50.6 Å². The Balaban J connectivity index is 1.54. The summed E-state index contributed by atoms with van der Waals surface area (Å²) in [7, 11) is 1.33. The standard InChI is InChI=1S/C24H23N3O4/c1-15-21-19(27-26-18-7-4-3-5-8-18)9-6-10-20(21)31-22(15)23(28)25-17-13-11-16(12-14-17)24(29)30-2/h3-5,7-8,11-14,26H,6,9-10H2,1-2H3,(H,25,28)/b27-19+. The van der Waals surface area contributed by atoms with E-state index in [9.17, 15) is 9.59 Å². The Morgan fingerprint density at radius 1 is 1.00 bits per heavy atom. The number of ether oxygens (including phenoxy) is 1. The molecular weight excluding hydrogens is 394 g/mol. The molecule has 7 nitrogen and oxygen atoms in total. The first-order valence-electron chi connectivity index (χ1n) is 10.1. The highest BCUT2D eigenvalue weighted by atomic mass is 16.5. The molecule has 1 heterocycles. The molecule has 0 unspecified atom stereocenters. The quantitative estimate of drug-likeness (QED) is 0.460. The summed E-state index contributed by atoms with van der Waals surface area (Å²) in [6.07, 6.45) is 2.48. The minimum atomic E-state index is -0.427. The van der Waals surface area contributed by atoms with E-state index in [-0.39, 0.29) is 11.7 Å². The van der Waals surface area contributed by atoms with Gasteiger partial charge < -0.3 is 14.5 Å². The summed E-state index contributed by atoms with van der Waals surface area (Å²) < 4.78 is 10.6. The van der Waals surface area contributed by atoms with Crippen LogP contribution in [0.3, 0.4) is 0 Å². The number of carbonyl (C=O) groups excluding carboxylic acids is 2. The minimum absolute atomic E-state index is 0.274. The van der Waals surface area contributed by atoms with E-state index in [1.807, 2.05) is 37.3 Å². The van der Waals surface area contributed by atoms with Gasteiger partial charge in [0.05, 0.1) is 24.1 Å². The van der Waals surface area contributed by atoms with Gasteiger partial charge in [-0.2, -0.15) is 5.10 Å². The van der Waals surface area contributed by atoms with Crippen LogP contribution in [0.5, 0.6) is 0 Å². The first-order valence-corrected chi connectivity index (χ1v) is 10.1. The first-order chi connectivity index (χ1) is 15.1. The second-order valence-electron chi connectivity index (χ2n) is 7.27. The highest BCUT2D eigenvalue weighted by Gasteiger charge is 2.28. The SMILES string of the molecule is COC(=O)c1ccc(NC(=O)c2oc3c(c2C)/C(=N/Nc2ccccc2)CCC3)cc1. The lowest BCUT2D eigenvalue weighted by atomic mass is 9.93. The molecule has 1 aliphatic rings. The molecule has 4 rings (SSSR count). The maximum absolute atomic E-state index is 12.9. The van der Waals surface area contributed by atoms with Gasteiger partial charge in [-0.05, 0) is 56.2 Å². The van der Waals surface area contributed by atoms with Gasteiger partial charge in [0, 0.05) is 23.2 Å². The lowest BCUT2D eigenvalue weighted by Crippen LogP contribution is -2.14. The molecule has 7 heteroatoms. The molecule has 31 heavy (non-hydrogen) atoms. The largest absolute Gasteiger partial charge is 0.465 e. The highest BCUT2D eigenvalue weighted by Crippen LogP contribution is 2.30. The number of nitrogens with zero attached hydrogens (tertiary/aromatic N) is 1. The van der Waals surface area contributed by atoms with E-state index in [1.54, 1.807) is 24.3 Å². The average Bonchev–Trinajstić information content (AvgIpc) is 3.15. The fourth-order valence-corrected chi connectivity index (χ4v) is 3.64. The zero-order chi connectivity index (χ0) is 21.8. The number of methoxy groups -OCH3 is 1. The number of hydrogen-bond acceptors (Lipinski definition) is 6. The van der Waals surface area contributed by atoms with E-state index < -0.39 is 5.97 Å². The summed E-state index contributed by atoms with van der Waals surface area (Å²) in [4.78, 5) is 24.4. The maximum Gasteiger partial charge on any atom is 0.337 e. The molecule has 0 fully saturated rings. The number of benzene rings is 2. The van der Waals surface area contributed by atoms with E-state index >= 15 is 0 Å². The monoisotopic (exact) mass is 417 g/mol. The van der Waals surface area contributed by atoms with Crippen LogP contribution in [0, 0.1) is 6.92 Å². The van der Waals surface area contributed by atoms with Crippen LogP contribution in [0.15, 0.2) is 64.1 Å². The lowest BCUT2D eigenvalue weighted by Gasteiger charge is -2.13. The van der Waals surface area contributed by atoms with Crippen molar-refractivity contribution in [3.05, 3.63) is 82.8 Å². The van der Waals surface area contributed by atoms with Gasteiger partial charge >= 0.3 is 5.97 Å². The fourth-order valence-electron chi connectivity index (χ4n) is 3.64. The number of fused-ring (bicyclic) bond motifs is 1. The van der Waals surface area contributed by atoms with Crippen LogP contribution in [-0.2, 0) is 11.2 Å². The maximum atomic E-state index is 12.9. The summed E-state index contributed by atoms with van der Waals surface area (Å²) in [5.74, 6) is 0.288. The number of amides is 1.